The van der Waals surface area contributed by atoms with Crippen molar-refractivity contribution in [1.82, 2.24) is 0 Å². The molecule has 0 aliphatic carbocycles. The average molecular weight is 222 g/mol. The van der Waals surface area contributed by atoms with Gasteiger partial charge in [0, 0.05) is 5.56 Å². The highest BCUT2D eigenvalue weighted by atomic mass is 16.5. The maximum absolute atomic E-state index is 9.40. The molecule has 1 aliphatic rings. The minimum absolute atomic E-state index is 0.252. The molecule has 1 aromatic rings. The van der Waals surface area contributed by atoms with Crippen LogP contribution in [0.25, 0.3) is 0 Å². The normalized spacial score (nSPS) is 27.2. The van der Waals surface area contributed by atoms with E-state index in [1.165, 1.54) is 0 Å². The summed E-state index contributed by atoms with van der Waals surface area (Å²) in [6.07, 6.45) is 0.252. The molecule has 2 rings (SSSR count). The smallest absolute Gasteiger partial charge is 0.123 e. The number of phenolic OH excluding ortho intramolecular Hbond substituents is 1. The Morgan fingerprint density at radius 2 is 1.75 bits per heavy atom. The van der Waals surface area contributed by atoms with Crippen LogP contribution in [0.5, 0.6) is 11.5 Å². The summed E-state index contributed by atoms with van der Waals surface area (Å²) < 4.78 is 5.76. The Morgan fingerprint density at radius 1 is 1.12 bits per heavy atom. The van der Waals surface area contributed by atoms with E-state index < -0.39 is 0 Å². The Labute approximate surface area is 98.3 Å². The first-order chi connectivity index (χ1) is 7.59. The molecule has 3 atom stereocenters. The molecule has 0 amide bonds. The first-order valence-electron chi connectivity index (χ1n) is 6.09. The van der Waals surface area contributed by atoms with Crippen LogP contribution in [-0.4, -0.2) is 11.2 Å². The summed E-state index contributed by atoms with van der Waals surface area (Å²) in [7, 11) is 0. The number of benzene rings is 1. The zero-order chi connectivity index (χ0) is 12.3. The van der Waals surface area contributed by atoms with E-state index in [0.29, 0.717) is 17.6 Å². The molecule has 1 N–H and O–H groups in total. The zero-order valence-electron chi connectivity index (χ0n) is 10.8. The van der Waals surface area contributed by atoms with E-state index in [4.69, 9.17) is 4.74 Å². The van der Waals surface area contributed by atoms with Crippen LogP contribution in [0.1, 0.15) is 46.1 Å². The fraction of sp³-hybridized carbons (Fsp3) is 0.571. The van der Waals surface area contributed by atoms with Crippen molar-refractivity contribution >= 4 is 0 Å². The van der Waals surface area contributed by atoms with E-state index in [1.54, 1.807) is 6.07 Å². The first-order valence-corrected chi connectivity index (χ1v) is 6.09. The third kappa shape index (κ3) is 2.31. The van der Waals surface area contributed by atoms with Crippen molar-refractivity contribution in [2.45, 2.75) is 46.6 Å². The molecule has 0 aromatic heterocycles. The van der Waals surface area contributed by atoms with Gasteiger partial charge in [0.15, 0.2) is 0 Å². The number of hydrogen-bond donors (Lipinski definition) is 1. The summed E-state index contributed by atoms with van der Waals surface area (Å²) in [6.45, 7) is 10.5. The van der Waals surface area contributed by atoms with Gasteiger partial charge in [-0.15, -0.1) is 0 Å². The van der Waals surface area contributed by atoms with Gasteiger partial charge in [0.05, 0.1) is 6.10 Å². The Hall–Kier alpha value is -1.18. The maximum atomic E-state index is 9.40. The lowest BCUT2D eigenvalue weighted by Gasteiger charge is -2.34. The summed E-state index contributed by atoms with van der Waals surface area (Å²) in [5.74, 6) is 2.17. The lowest BCUT2D eigenvalue weighted by atomic mass is 9.83. The van der Waals surface area contributed by atoms with Crippen LogP contribution in [0.4, 0.5) is 0 Å². The van der Waals surface area contributed by atoms with Gasteiger partial charge in [-0.1, -0.05) is 27.7 Å². The highest BCUT2D eigenvalue weighted by Gasteiger charge is 2.29. The van der Waals surface area contributed by atoms with E-state index in [9.17, 15) is 5.11 Å². The molecule has 0 saturated carbocycles. The Bertz CT molecular complexity index is 347. The van der Waals surface area contributed by atoms with Gasteiger partial charge in [-0.3, -0.25) is 0 Å². The molecule has 3 unspecified atom stereocenters. The summed E-state index contributed by atoms with van der Waals surface area (Å²) in [4.78, 5) is 0. The van der Waals surface area contributed by atoms with E-state index in [1.807, 2.05) is 26.0 Å². The summed E-state index contributed by atoms with van der Waals surface area (Å²) in [5, 5.41) is 9.40. The van der Waals surface area contributed by atoms with Crippen molar-refractivity contribution in [3.8, 4) is 11.5 Å². The first kappa shape index (κ1) is 12.9. The Morgan fingerprint density at radius 3 is 2.38 bits per heavy atom. The largest absolute Gasteiger partial charge is 0.508 e. The molecule has 0 bridgehead atoms. The van der Waals surface area contributed by atoms with Gasteiger partial charge < -0.3 is 9.84 Å². The number of fused-ring (bicyclic) bond motifs is 1. The van der Waals surface area contributed by atoms with Gasteiger partial charge in [-0.2, -0.15) is 0 Å². The molecule has 1 heterocycles. The van der Waals surface area contributed by atoms with Crippen LogP contribution in [0.15, 0.2) is 18.2 Å². The molecule has 1 aromatic carbocycles. The lowest BCUT2D eigenvalue weighted by molar-refractivity contribution is 0.122. The number of aromatic hydroxyl groups is 1. The van der Waals surface area contributed by atoms with Crippen molar-refractivity contribution in [2.24, 2.45) is 5.92 Å². The van der Waals surface area contributed by atoms with Crippen LogP contribution < -0.4 is 4.74 Å². The fourth-order valence-electron chi connectivity index (χ4n) is 2.00. The van der Waals surface area contributed by atoms with Crippen molar-refractivity contribution in [2.75, 3.05) is 0 Å². The molecular formula is C14H22O2. The maximum Gasteiger partial charge on any atom is 0.123 e. The molecular weight excluding hydrogens is 200 g/mol. The Kier molecular flexibility index (Phi) is 4.22. The second kappa shape index (κ2) is 5.24. The fourth-order valence-corrected chi connectivity index (χ4v) is 2.00. The molecule has 0 fully saturated rings. The van der Waals surface area contributed by atoms with E-state index in [-0.39, 0.29) is 6.10 Å². The second-order valence-electron chi connectivity index (χ2n) is 4.19. The van der Waals surface area contributed by atoms with Crippen molar-refractivity contribution < 1.29 is 9.84 Å². The van der Waals surface area contributed by atoms with Gasteiger partial charge >= 0.3 is 0 Å². The monoisotopic (exact) mass is 222 g/mol. The average Bonchev–Trinajstić information content (AvgIpc) is 2.30. The highest BCUT2D eigenvalue weighted by Crippen LogP contribution is 2.40. The third-order valence-electron chi connectivity index (χ3n) is 3.33. The summed E-state index contributed by atoms with van der Waals surface area (Å²) >= 11 is 0. The molecule has 0 saturated heterocycles. The third-order valence-corrected chi connectivity index (χ3v) is 3.33. The van der Waals surface area contributed by atoms with Crippen LogP contribution >= 0.6 is 0 Å². The van der Waals surface area contributed by atoms with Crippen LogP contribution in [0, 0.1) is 5.92 Å². The number of phenols is 1. The Balaban J connectivity index is 0.000000606. The SMILES string of the molecule is CC.CC1Oc2ccc(O)cc2C(C)C1C. The minimum Gasteiger partial charge on any atom is -0.508 e. The van der Waals surface area contributed by atoms with Crippen LogP contribution in [0.2, 0.25) is 0 Å². The standard InChI is InChI=1S/C12H16O2.C2H6/c1-7-8(2)11-6-10(13)4-5-12(11)14-9(7)3;1-2/h4-9,13H,1-3H3;1-2H3. The number of rotatable bonds is 0. The van der Waals surface area contributed by atoms with Crippen molar-refractivity contribution in [1.29, 1.82) is 0 Å². The van der Waals surface area contributed by atoms with Gasteiger partial charge in [-0.25, -0.2) is 0 Å². The van der Waals surface area contributed by atoms with E-state index >= 15 is 0 Å². The molecule has 0 spiro atoms. The van der Waals surface area contributed by atoms with Crippen LogP contribution in [-0.2, 0) is 0 Å². The number of hydrogen-bond acceptors (Lipinski definition) is 2. The lowest BCUT2D eigenvalue weighted by Crippen LogP contribution is -2.30. The molecule has 16 heavy (non-hydrogen) atoms. The zero-order valence-corrected chi connectivity index (χ0v) is 10.8. The van der Waals surface area contributed by atoms with Gasteiger partial charge in [0.1, 0.15) is 11.5 Å². The topological polar surface area (TPSA) is 29.5 Å². The molecule has 2 nitrogen and oxygen atoms in total. The predicted molar refractivity (Wildman–Crippen MR) is 67.1 cm³/mol. The van der Waals surface area contributed by atoms with E-state index in [2.05, 4.69) is 20.8 Å². The van der Waals surface area contributed by atoms with Gasteiger partial charge in [0.2, 0.25) is 0 Å². The van der Waals surface area contributed by atoms with Crippen molar-refractivity contribution in [3.05, 3.63) is 23.8 Å². The number of ether oxygens (including phenoxy) is 1. The van der Waals surface area contributed by atoms with Gasteiger partial charge in [0.25, 0.3) is 0 Å². The molecule has 1 aliphatic heterocycles. The quantitative estimate of drug-likeness (QED) is 0.720. The summed E-state index contributed by atoms with van der Waals surface area (Å²) in [6, 6.07) is 5.33. The molecule has 0 radical (unpaired) electrons. The van der Waals surface area contributed by atoms with Crippen molar-refractivity contribution in [3.63, 3.8) is 0 Å². The molecule has 90 valence electrons. The predicted octanol–water partition coefficient (Wildman–Crippen LogP) is 3.94. The summed E-state index contributed by atoms with van der Waals surface area (Å²) in [5.41, 5.74) is 1.12. The van der Waals surface area contributed by atoms with Crippen LogP contribution in [0.3, 0.4) is 0 Å². The molecule has 2 heteroatoms. The van der Waals surface area contributed by atoms with Gasteiger partial charge in [-0.05, 0) is 37.0 Å². The minimum atomic E-state index is 0.252. The second-order valence-corrected chi connectivity index (χ2v) is 4.19. The highest BCUT2D eigenvalue weighted by molar-refractivity contribution is 5.43. The van der Waals surface area contributed by atoms with E-state index in [0.717, 1.165) is 11.3 Å².